The van der Waals surface area contributed by atoms with Crippen LogP contribution in [0.5, 0.6) is 0 Å². The summed E-state index contributed by atoms with van der Waals surface area (Å²) in [5, 5.41) is 0. The molecule has 0 aliphatic carbocycles. The number of rotatable bonds is 6. The van der Waals surface area contributed by atoms with Gasteiger partial charge < -0.3 is 24.0 Å². The number of piperidine rings is 1. The van der Waals surface area contributed by atoms with Crippen LogP contribution in [0.3, 0.4) is 0 Å². The van der Waals surface area contributed by atoms with Gasteiger partial charge in [0.1, 0.15) is 0 Å². The van der Waals surface area contributed by atoms with Crippen molar-refractivity contribution in [1.29, 1.82) is 0 Å². The molecular formula is C13H27NOU. The zero-order valence-electron chi connectivity index (χ0n) is 11.0. The van der Waals surface area contributed by atoms with Gasteiger partial charge in [0.05, 0.1) is 6.61 Å². The van der Waals surface area contributed by atoms with Crippen LogP contribution in [0.1, 0.15) is 32.6 Å². The van der Waals surface area contributed by atoms with E-state index >= 15 is 0 Å². The Morgan fingerprint density at radius 1 is 1.25 bits per heavy atom. The van der Waals surface area contributed by atoms with Crippen LogP contribution in [-0.4, -0.2) is 37.7 Å². The van der Waals surface area contributed by atoms with E-state index < -0.39 is 0 Å². The van der Waals surface area contributed by atoms with Crippen LogP contribution >= 0.6 is 0 Å². The zero-order chi connectivity index (χ0) is 10.2. The second kappa shape index (κ2) is 12.4. The van der Waals surface area contributed by atoms with Gasteiger partial charge in [0.15, 0.2) is 0 Å². The number of nitrogens with zero attached hydrogens (tertiary/aromatic N) is 1. The average Bonchev–Trinajstić information content (AvgIpc) is 2.21. The molecule has 0 aromatic carbocycles. The van der Waals surface area contributed by atoms with Crippen molar-refractivity contribution in [3.63, 3.8) is 0 Å². The predicted octanol–water partition coefficient (Wildman–Crippen LogP) is 2.80. The molecule has 1 heterocycles. The smallest absolute Gasteiger partial charge is 0.380 e. The molecule has 0 spiro atoms. The fourth-order valence-corrected chi connectivity index (χ4v) is 1.79. The van der Waals surface area contributed by atoms with Crippen molar-refractivity contribution in [1.82, 2.24) is 4.90 Å². The van der Waals surface area contributed by atoms with E-state index in [4.69, 9.17) is 4.74 Å². The third-order valence-electron chi connectivity index (χ3n) is 2.97. The fourth-order valence-electron chi connectivity index (χ4n) is 1.79. The van der Waals surface area contributed by atoms with Crippen molar-refractivity contribution >= 4 is 0 Å². The largest absolute Gasteiger partial charge is 2.00 e. The van der Waals surface area contributed by atoms with Crippen molar-refractivity contribution in [3.05, 3.63) is 14.4 Å². The minimum atomic E-state index is 0. The van der Waals surface area contributed by atoms with E-state index in [1.165, 1.54) is 25.9 Å². The second-order valence-corrected chi connectivity index (χ2v) is 4.34. The molecule has 16 heavy (non-hydrogen) atoms. The fraction of sp³-hybridized carbons (Fsp3) is 0.846. The van der Waals surface area contributed by atoms with E-state index in [9.17, 15) is 0 Å². The van der Waals surface area contributed by atoms with Gasteiger partial charge in [0.25, 0.3) is 0 Å². The van der Waals surface area contributed by atoms with E-state index in [0.717, 1.165) is 38.5 Å². The first kappa shape index (κ1) is 19.3. The van der Waals surface area contributed by atoms with E-state index in [0.29, 0.717) is 0 Å². The first-order valence-electron chi connectivity index (χ1n) is 5.92. The number of hydrogen-bond acceptors (Lipinski definition) is 2. The first-order valence-corrected chi connectivity index (χ1v) is 5.92. The first-order chi connectivity index (χ1) is 6.83. The molecule has 2 nitrogen and oxygen atoms in total. The van der Waals surface area contributed by atoms with Crippen LogP contribution in [0.15, 0.2) is 0 Å². The SMILES string of the molecule is [CH2-]CCCOCCN1CCC(C)CC1.[CH3-].[U+2]. The van der Waals surface area contributed by atoms with Crippen molar-refractivity contribution in [2.75, 3.05) is 32.8 Å². The van der Waals surface area contributed by atoms with Gasteiger partial charge in [-0.2, -0.15) is 6.42 Å². The van der Waals surface area contributed by atoms with Gasteiger partial charge in [0.2, 0.25) is 0 Å². The molecule has 0 unspecified atom stereocenters. The molecule has 3 heteroatoms. The Balaban J connectivity index is 0. The van der Waals surface area contributed by atoms with Gasteiger partial charge in [-0.05, 0) is 31.8 Å². The molecule has 1 rings (SSSR count). The van der Waals surface area contributed by atoms with E-state index in [2.05, 4.69) is 18.7 Å². The quantitative estimate of drug-likeness (QED) is 0.455. The van der Waals surface area contributed by atoms with Crippen LogP contribution in [0.2, 0.25) is 0 Å². The van der Waals surface area contributed by atoms with E-state index in [1.54, 1.807) is 0 Å². The minimum Gasteiger partial charge on any atom is -0.380 e. The second-order valence-electron chi connectivity index (χ2n) is 4.34. The number of unbranched alkanes of at least 4 members (excludes halogenated alkanes) is 1. The Hall–Kier alpha value is 0.972. The molecule has 1 aliphatic heterocycles. The van der Waals surface area contributed by atoms with Gasteiger partial charge in [-0.15, -0.1) is 0 Å². The summed E-state index contributed by atoms with van der Waals surface area (Å²) in [4.78, 5) is 2.52. The molecule has 1 fully saturated rings. The summed E-state index contributed by atoms with van der Waals surface area (Å²) in [7, 11) is 0. The summed E-state index contributed by atoms with van der Waals surface area (Å²) in [6.45, 7) is 11.6. The summed E-state index contributed by atoms with van der Waals surface area (Å²) in [5.74, 6) is 0.929. The zero-order valence-corrected chi connectivity index (χ0v) is 15.2. The van der Waals surface area contributed by atoms with Gasteiger partial charge in [0, 0.05) is 13.2 Å². The monoisotopic (exact) mass is 451 g/mol. The maximum Gasteiger partial charge on any atom is 2.00 e. The maximum absolute atomic E-state index is 5.52. The average molecular weight is 451 g/mol. The molecule has 1 saturated heterocycles. The molecular weight excluding hydrogens is 424 g/mol. The molecule has 0 saturated carbocycles. The third kappa shape index (κ3) is 9.05. The Labute approximate surface area is 126 Å². The van der Waals surface area contributed by atoms with E-state index in [-0.39, 0.29) is 38.5 Å². The van der Waals surface area contributed by atoms with Crippen LogP contribution in [0.4, 0.5) is 0 Å². The molecule has 0 N–H and O–H groups in total. The van der Waals surface area contributed by atoms with Gasteiger partial charge in [-0.25, -0.2) is 0 Å². The topological polar surface area (TPSA) is 12.5 Å². The minimum absolute atomic E-state index is 0. The summed E-state index contributed by atoms with van der Waals surface area (Å²) in [6, 6.07) is 0. The normalized spacial score (nSPS) is 17.6. The van der Waals surface area contributed by atoms with E-state index in [1.807, 2.05) is 0 Å². The van der Waals surface area contributed by atoms with Gasteiger partial charge in [-0.1, -0.05) is 13.3 Å². The summed E-state index contributed by atoms with van der Waals surface area (Å²) in [5.41, 5.74) is 0. The Bertz CT molecular complexity index is 136. The third-order valence-corrected chi connectivity index (χ3v) is 2.97. The Morgan fingerprint density at radius 3 is 2.44 bits per heavy atom. The standard InChI is InChI=1S/C12H24NO.CH3.U/c1-3-4-10-14-11-9-13-7-5-12(2)6-8-13;;/h12H,1,3-11H2,2H3;1H3;/q2*-1;+2. The molecule has 0 bridgehead atoms. The van der Waals surface area contributed by atoms with Gasteiger partial charge >= 0.3 is 31.1 Å². The summed E-state index contributed by atoms with van der Waals surface area (Å²) < 4.78 is 5.52. The van der Waals surface area contributed by atoms with Crippen LogP contribution in [-0.2, 0) is 4.74 Å². The van der Waals surface area contributed by atoms with Crippen LogP contribution in [0, 0.1) is 51.4 Å². The Morgan fingerprint density at radius 2 is 1.88 bits per heavy atom. The molecule has 94 valence electrons. The molecule has 0 aromatic rings. The van der Waals surface area contributed by atoms with Crippen LogP contribution in [0.25, 0.3) is 0 Å². The summed E-state index contributed by atoms with van der Waals surface area (Å²) in [6.07, 6.45) is 4.80. The predicted molar refractivity (Wildman–Crippen MR) is 66.7 cm³/mol. The molecule has 0 radical (unpaired) electrons. The van der Waals surface area contributed by atoms with Gasteiger partial charge in [-0.3, -0.25) is 0 Å². The van der Waals surface area contributed by atoms with Crippen LogP contribution < -0.4 is 0 Å². The molecule has 0 aromatic heterocycles. The number of likely N-dealkylation sites (tertiary alicyclic amines) is 1. The summed E-state index contributed by atoms with van der Waals surface area (Å²) >= 11 is 0. The van der Waals surface area contributed by atoms with Crippen molar-refractivity contribution in [2.45, 2.75) is 32.6 Å². The van der Waals surface area contributed by atoms with Crippen molar-refractivity contribution in [2.24, 2.45) is 5.92 Å². The number of ether oxygens (including phenoxy) is 1. The van der Waals surface area contributed by atoms with Crippen molar-refractivity contribution < 1.29 is 35.9 Å². The molecule has 0 amide bonds. The maximum atomic E-state index is 5.52. The van der Waals surface area contributed by atoms with Crippen molar-refractivity contribution in [3.8, 4) is 0 Å². The molecule has 0 atom stereocenters. The molecule has 1 aliphatic rings. The Kier molecular flexibility index (Phi) is 15.0. The number of hydrogen-bond donors (Lipinski definition) is 0.